The summed E-state index contributed by atoms with van der Waals surface area (Å²) >= 11 is 0. The zero-order chi connectivity index (χ0) is 13.7. The molecule has 2 atom stereocenters. The zero-order valence-corrected chi connectivity index (χ0v) is 11.4. The van der Waals surface area contributed by atoms with Crippen LogP contribution in [-0.4, -0.2) is 35.3 Å². The van der Waals surface area contributed by atoms with E-state index < -0.39 is 6.04 Å². The highest BCUT2D eigenvalue weighted by atomic mass is 16.2. The van der Waals surface area contributed by atoms with Gasteiger partial charge in [-0.15, -0.1) is 12.3 Å². The number of unbranched alkanes of at least 4 members (excludes halogenated alkanes) is 1. The fourth-order valence-corrected chi connectivity index (χ4v) is 2.26. The molecule has 2 unspecified atom stereocenters. The minimum absolute atomic E-state index is 0.0217. The first-order valence-electron chi connectivity index (χ1n) is 6.57. The number of nitrogens with zero attached hydrogens (tertiary/aromatic N) is 1. The predicted octanol–water partition coefficient (Wildman–Crippen LogP) is 1.16. The van der Waals surface area contributed by atoms with Crippen LogP contribution >= 0.6 is 0 Å². The first-order valence-corrected chi connectivity index (χ1v) is 6.57. The topological polar surface area (TPSA) is 49.4 Å². The van der Waals surface area contributed by atoms with Crippen molar-refractivity contribution in [1.82, 2.24) is 10.2 Å². The van der Waals surface area contributed by atoms with Crippen molar-refractivity contribution < 1.29 is 9.59 Å². The Morgan fingerprint density at radius 2 is 2.11 bits per heavy atom. The van der Waals surface area contributed by atoms with Crippen molar-refractivity contribution in [2.24, 2.45) is 5.92 Å². The molecule has 0 aromatic carbocycles. The van der Waals surface area contributed by atoms with E-state index >= 15 is 0 Å². The number of terminal acetylenes is 1. The summed E-state index contributed by atoms with van der Waals surface area (Å²) in [6.07, 6.45) is 7.23. The van der Waals surface area contributed by atoms with Crippen LogP contribution in [0.1, 0.15) is 40.0 Å². The largest absolute Gasteiger partial charge is 0.342 e. The van der Waals surface area contributed by atoms with Gasteiger partial charge >= 0.3 is 0 Å². The number of rotatable bonds is 5. The Hall–Kier alpha value is -1.50. The maximum absolute atomic E-state index is 12.3. The van der Waals surface area contributed by atoms with Gasteiger partial charge in [-0.3, -0.25) is 9.59 Å². The Morgan fingerprint density at radius 1 is 1.44 bits per heavy atom. The molecule has 0 radical (unpaired) electrons. The van der Waals surface area contributed by atoms with Gasteiger partial charge in [-0.2, -0.15) is 0 Å². The van der Waals surface area contributed by atoms with Crippen molar-refractivity contribution in [3.63, 3.8) is 0 Å². The highest BCUT2D eigenvalue weighted by molar-refractivity contribution is 5.97. The molecule has 1 fully saturated rings. The molecule has 0 spiro atoms. The van der Waals surface area contributed by atoms with Gasteiger partial charge in [0, 0.05) is 13.0 Å². The number of carbonyl (C=O) groups is 2. The summed E-state index contributed by atoms with van der Waals surface area (Å²) in [6.45, 7) is 6.36. The fourth-order valence-electron chi connectivity index (χ4n) is 2.26. The first-order chi connectivity index (χ1) is 8.52. The average Bonchev–Trinajstić information content (AvgIpc) is 2.33. The molecule has 1 rings (SSSR count). The van der Waals surface area contributed by atoms with Crippen molar-refractivity contribution in [1.29, 1.82) is 0 Å². The Bertz CT molecular complexity index is 357. The maximum Gasteiger partial charge on any atom is 0.246 e. The predicted molar refractivity (Wildman–Crippen MR) is 70.6 cm³/mol. The van der Waals surface area contributed by atoms with Gasteiger partial charge in [-0.05, 0) is 18.8 Å². The molecule has 4 heteroatoms. The minimum atomic E-state index is -0.397. The lowest BCUT2D eigenvalue weighted by atomic mass is 9.96. The van der Waals surface area contributed by atoms with E-state index in [2.05, 4.69) is 11.2 Å². The first kappa shape index (κ1) is 14.6. The van der Waals surface area contributed by atoms with Crippen LogP contribution in [0.15, 0.2) is 0 Å². The van der Waals surface area contributed by atoms with Crippen LogP contribution in [0.3, 0.4) is 0 Å². The van der Waals surface area contributed by atoms with Gasteiger partial charge in [-0.25, -0.2) is 0 Å². The quantitative estimate of drug-likeness (QED) is 0.588. The monoisotopic (exact) mass is 250 g/mol. The number of hydrogen-bond acceptors (Lipinski definition) is 2. The van der Waals surface area contributed by atoms with Crippen LogP contribution < -0.4 is 5.32 Å². The summed E-state index contributed by atoms with van der Waals surface area (Å²) in [5, 5.41) is 2.82. The molecule has 1 heterocycles. The van der Waals surface area contributed by atoms with E-state index in [9.17, 15) is 9.59 Å². The Balaban J connectivity index is 2.81. The molecule has 0 saturated carbocycles. The number of hydrogen-bond donors (Lipinski definition) is 1. The molecule has 1 N–H and O–H groups in total. The van der Waals surface area contributed by atoms with E-state index in [1.807, 2.05) is 20.8 Å². The zero-order valence-electron chi connectivity index (χ0n) is 11.4. The molecule has 18 heavy (non-hydrogen) atoms. The molecule has 0 aromatic rings. The van der Waals surface area contributed by atoms with E-state index in [0.717, 1.165) is 6.42 Å². The molecule has 0 aromatic heterocycles. The lowest BCUT2D eigenvalue weighted by Crippen LogP contribution is -2.64. The van der Waals surface area contributed by atoms with Crippen molar-refractivity contribution in [3.05, 3.63) is 0 Å². The van der Waals surface area contributed by atoms with Gasteiger partial charge in [0.25, 0.3) is 0 Å². The van der Waals surface area contributed by atoms with E-state index in [4.69, 9.17) is 6.42 Å². The van der Waals surface area contributed by atoms with Crippen LogP contribution in [-0.2, 0) is 9.59 Å². The van der Waals surface area contributed by atoms with Gasteiger partial charge in [0.05, 0.1) is 0 Å². The van der Waals surface area contributed by atoms with Gasteiger partial charge in [0.2, 0.25) is 11.8 Å². The third-order valence-electron chi connectivity index (χ3n) is 3.30. The van der Waals surface area contributed by atoms with Crippen molar-refractivity contribution in [2.45, 2.75) is 52.1 Å². The maximum atomic E-state index is 12.3. The van der Waals surface area contributed by atoms with E-state index in [-0.39, 0.29) is 23.8 Å². The number of piperazine rings is 1. The van der Waals surface area contributed by atoms with E-state index in [1.54, 1.807) is 4.90 Å². The smallest absolute Gasteiger partial charge is 0.246 e. The molecule has 1 aliphatic heterocycles. The standard InChI is InChI=1S/C14H22N2O2/c1-5-7-8-9-16-11(6-2)13(17)15-12(10(3)4)14(16)18/h1,10-12H,6-9H2,2-4H3,(H,15,17). The minimum Gasteiger partial charge on any atom is -0.342 e. The van der Waals surface area contributed by atoms with Crippen LogP contribution in [0.25, 0.3) is 0 Å². The summed E-state index contributed by atoms with van der Waals surface area (Å²) in [5.74, 6) is 2.64. The molecule has 0 aliphatic carbocycles. The van der Waals surface area contributed by atoms with E-state index in [0.29, 0.717) is 19.4 Å². The highest BCUT2D eigenvalue weighted by Gasteiger charge is 2.40. The van der Waals surface area contributed by atoms with Gasteiger partial charge in [-0.1, -0.05) is 20.8 Å². The van der Waals surface area contributed by atoms with E-state index in [1.165, 1.54) is 0 Å². The second-order valence-electron chi connectivity index (χ2n) is 4.99. The van der Waals surface area contributed by atoms with Gasteiger partial charge in [0.1, 0.15) is 12.1 Å². The number of nitrogens with one attached hydrogen (secondary N) is 1. The molecule has 4 nitrogen and oxygen atoms in total. The van der Waals surface area contributed by atoms with Crippen LogP contribution in [0.4, 0.5) is 0 Å². The summed E-state index contributed by atoms with van der Waals surface area (Å²) < 4.78 is 0. The summed E-state index contributed by atoms with van der Waals surface area (Å²) in [7, 11) is 0. The summed E-state index contributed by atoms with van der Waals surface area (Å²) in [6, 6.07) is -0.739. The summed E-state index contributed by atoms with van der Waals surface area (Å²) in [4.78, 5) is 26.0. The molecule has 2 amide bonds. The molecule has 1 saturated heterocycles. The molecule has 0 bridgehead atoms. The second kappa shape index (κ2) is 6.44. The Morgan fingerprint density at radius 3 is 2.61 bits per heavy atom. The van der Waals surface area contributed by atoms with Gasteiger partial charge < -0.3 is 10.2 Å². The number of amides is 2. The van der Waals surface area contributed by atoms with Crippen LogP contribution in [0.5, 0.6) is 0 Å². The Kier molecular flexibility index (Phi) is 5.21. The molecule has 1 aliphatic rings. The molecular formula is C14H22N2O2. The van der Waals surface area contributed by atoms with Crippen molar-refractivity contribution >= 4 is 11.8 Å². The number of carbonyl (C=O) groups excluding carboxylic acids is 2. The Labute approximate surface area is 109 Å². The molecular weight excluding hydrogens is 228 g/mol. The van der Waals surface area contributed by atoms with Gasteiger partial charge in [0.15, 0.2) is 0 Å². The van der Waals surface area contributed by atoms with Crippen LogP contribution in [0.2, 0.25) is 0 Å². The highest BCUT2D eigenvalue weighted by Crippen LogP contribution is 2.18. The fraction of sp³-hybridized carbons (Fsp3) is 0.714. The molecule has 100 valence electrons. The third-order valence-corrected chi connectivity index (χ3v) is 3.30. The third kappa shape index (κ3) is 3.04. The lowest BCUT2D eigenvalue weighted by molar-refractivity contribution is -0.150. The second-order valence-corrected chi connectivity index (χ2v) is 4.99. The average molecular weight is 250 g/mol. The van der Waals surface area contributed by atoms with Crippen molar-refractivity contribution in [2.75, 3.05) is 6.54 Å². The normalized spacial score (nSPS) is 24.1. The van der Waals surface area contributed by atoms with Crippen molar-refractivity contribution in [3.8, 4) is 12.3 Å². The lowest BCUT2D eigenvalue weighted by Gasteiger charge is -2.40. The van der Waals surface area contributed by atoms with Crippen LogP contribution in [0, 0.1) is 18.3 Å². The SMILES string of the molecule is C#CCCCN1C(=O)C(C(C)C)NC(=O)C1CC. The summed E-state index contributed by atoms with van der Waals surface area (Å²) in [5.41, 5.74) is 0.